The first kappa shape index (κ1) is 12.1. The van der Waals surface area contributed by atoms with Gasteiger partial charge in [-0.25, -0.2) is 4.79 Å². The number of aryl methyl sites for hydroxylation is 1. The third kappa shape index (κ3) is 2.85. The highest BCUT2D eigenvalue weighted by molar-refractivity contribution is 5.88. The van der Waals surface area contributed by atoms with Crippen molar-refractivity contribution in [2.75, 3.05) is 13.2 Å². The molecule has 94 valence electrons. The molecule has 1 aromatic rings. The summed E-state index contributed by atoms with van der Waals surface area (Å²) in [5.74, 6) is -0.318. The molecule has 1 saturated heterocycles. The van der Waals surface area contributed by atoms with Crippen molar-refractivity contribution in [3.63, 3.8) is 0 Å². The molecule has 0 aromatic carbocycles. The van der Waals surface area contributed by atoms with Gasteiger partial charge in [-0.1, -0.05) is 0 Å². The Kier molecular flexibility index (Phi) is 3.78. The molecule has 2 rings (SSSR count). The number of rotatable bonds is 4. The fraction of sp³-hybridized carbons (Fsp3) is 0.667. The van der Waals surface area contributed by atoms with Crippen LogP contribution in [0.15, 0.2) is 6.20 Å². The van der Waals surface area contributed by atoms with E-state index in [0.29, 0.717) is 18.3 Å². The van der Waals surface area contributed by atoms with Gasteiger partial charge in [0.2, 0.25) is 0 Å². The lowest BCUT2D eigenvalue weighted by atomic mass is 10.1. The smallest absolute Gasteiger partial charge is 0.359 e. The van der Waals surface area contributed by atoms with Gasteiger partial charge < -0.3 is 10.1 Å². The zero-order valence-corrected chi connectivity index (χ0v) is 10.4. The molecule has 1 N–H and O–H groups in total. The molecular formula is C12H19N3O2. The van der Waals surface area contributed by atoms with E-state index < -0.39 is 0 Å². The zero-order valence-electron chi connectivity index (χ0n) is 10.4. The highest BCUT2D eigenvalue weighted by atomic mass is 16.5. The normalized spacial score (nSPS) is 19.5. The Balaban J connectivity index is 2.11. The van der Waals surface area contributed by atoms with Crippen molar-refractivity contribution >= 4 is 5.97 Å². The molecule has 17 heavy (non-hydrogen) atoms. The molecule has 5 heteroatoms. The van der Waals surface area contributed by atoms with Crippen molar-refractivity contribution in [2.45, 2.75) is 32.2 Å². The number of aromatic nitrogens is 2. The molecule has 0 radical (unpaired) electrons. The molecule has 1 aliphatic heterocycles. The molecule has 1 unspecified atom stereocenters. The minimum absolute atomic E-state index is 0.318. The lowest BCUT2D eigenvalue weighted by Crippen LogP contribution is -2.24. The Labute approximate surface area is 101 Å². The molecule has 1 fully saturated rings. The van der Waals surface area contributed by atoms with Gasteiger partial charge in [0.05, 0.1) is 6.61 Å². The standard InChI is InChI=1S/C12H19N3O2/c1-3-17-12(16)11-9(8-15(2)14-11)7-10-5-4-6-13-10/h8,10,13H,3-7H2,1-2H3. The van der Waals surface area contributed by atoms with Gasteiger partial charge in [0, 0.05) is 24.8 Å². The highest BCUT2D eigenvalue weighted by Crippen LogP contribution is 2.15. The Bertz CT molecular complexity index is 394. The third-order valence-electron chi connectivity index (χ3n) is 3.00. The number of hydrogen-bond donors (Lipinski definition) is 1. The van der Waals surface area contributed by atoms with Crippen LogP contribution >= 0.6 is 0 Å². The van der Waals surface area contributed by atoms with E-state index in [1.807, 2.05) is 13.2 Å². The van der Waals surface area contributed by atoms with Gasteiger partial charge in [-0.2, -0.15) is 5.10 Å². The molecule has 0 spiro atoms. The predicted octanol–water partition coefficient (Wildman–Crippen LogP) is 0.891. The van der Waals surface area contributed by atoms with E-state index in [0.717, 1.165) is 24.9 Å². The van der Waals surface area contributed by atoms with E-state index in [1.165, 1.54) is 6.42 Å². The predicted molar refractivity (Wildman–Crippen MR) is 63.9 cm³/mol. The number of carbonyl (C=O) groups excluding carboxylic acids is 1. The van der Waals surface area contributed by atoms with Gasteiger partial charge in [-0.3, -0.25) is 4.68 Å². The number of nitrogens with zero attached hydrogens (tertiary/aromatic N) is 2. The minimum atomic E-state index is -0.318. The molecule has 0 bridgehead atoms. The average Bonchev–Trinajstić information content (AvgIpc) is 2.89. The van der Waals surface area contributed by atoms with Gasteiger partial charge in [-0.05, 0) is 32.7 Å². The second-order valence-electron chi connectivity index (χ2n) is 4.39. The van der Waals surface area contributed by atoms with Gasteiger partial charge in [-0.15, -0.1) is 0 Å². The summed E-state index contributed by atoms with van der Waals surface area (Å²) >= 11 is 0. The van der Waals surface area contributed by atoms with Crippen LogP contribution in [0.5, 0.6) is 0 Å². The number of carbonyl (C=O) groups is 1. The summed E-state index contributed by atoms with van der Waals surface area (Å²) in [7, 11) is 1.83. The Morgan fingerprint density at radius 2 is 2.53 bits per heavy atom. The summed E-state index contributed by atoms with van der Waals surface area (Å²) in [6.45, 7) is 3.26. The van der Waals surface area contributed by atoms with Gasteiger partial charge >= 0.3 is 5.97 Å². The fourth-order valence-electron chi connectivity index (χ4n) is 2.25. The molecular weight excluding hydrogens is 218 g/mol. The van der Waals surface area contributed by atoms with Crippen LogP contribution in [0.1, 0.15) is 35.8 Å². The first-order valence-corrected chi connectivity index (χ1v) is 6.13. The molecule has 0 saturated carbocycles. The topological polar surface area (TPSA) is 56.1 Å². The molecule has 2 heterocycles. The summed E-state index contributed by atoms with van der Waals surface area (Å²) in [4.78, 5) is 11.7. The highest BCUT2D eigenvalue weighted by Gasteiger charge is 2.21. The van der Waals surface area contributed by atoms with Crippen LogP contribution in [-0.2, 0) is 18.2 Å². The first-order valence-electron chi connectivity index (χ1n) is 6.13. The Morgan fingerprint density at radius 1 is 1.71 bits per heavy atom. The maximum absolute atomic E-state index is 11.7. The van der Waals surface area contributed by atoms with Crippen LogP contribution in [0.25, 0.3) is 0 Å². The number of esters is 1. The summed E-state index contributed by atoms with van der Waals surface area (Å²) in [5.41, 5.74) is 1.44. The van der Waals surface area contributed by atoms with Crippen LogP contribution in [0.3, 0.4) is 0 Å². The summed E-state index contributed by atoms with van der Waals surface area (Å²) < 4.78 is 6.69. The maximum Gasteiger partial charge on any atom is 0.359 e. The van der Waals surface area contributed by atoms with Crippen molar-refractivity contribution in [1.29, 1.82) is 0 Å². The van der Waals surface area contributed by atoms with Crippen LogP contribution < -0.4 is 5.32 Å². The van der Waals surface area contributed by atoms with Crippen LogP contribution in [0.4, 0.5) is 0 Å². The second-order valence-corrected chi connectivity index (χ2v) is 4.39. The average molecular weight is 237 g/mol. The second kappa shape index (κ2) is 5.31. The van der Waals surface area contributed by atoms with Crippen molar-refractivity contribution < 1.29 is 9.53 Å². The Hall–Kier alpha value is -1.36. The van der Waals surface area contributed by atoms with E-state index in [-0.39, 0.29) is 5.97 Å². The van der Waals surface area contributed by atoms with Gasteiger partial charge in [0.15, 0.2) is 5.69 Å². The largest absolute Gasteiger partial charge is 0.461 e. The van der Waals surface area contributed by atoms with E-state index in [2.05, 4.69) is 10.4 Å². The Morgan fingerprint density at radius 3 is 3.18 bits per heavy atom. The number of ether oxygens (including phenoxy) is 1. The van der Waals surface area contributed by atoms with E-state index in [9.17, 15) is 4.79 Å². The van der Waals surface area contributed by atoms with E-state index >= 15 is 0 Å². The monoisotopic (exact) mass is 237 g/mol. The zero-order chi connectivity index (χ0) is 12.3. The molecule has 0 aliphatic carbocycles. The minimum Gasteiger partial charge on any atom is -0.461 e. The van der Waals surface area contributed by atoms with Crippen molar-refractivity contribution in [3.05, 3.63) is 17.5 Å². The van der Waals surface area contributed by atoms with Crippen LogP contribution in [0.2, 0.25) is 0 Å². The molecule has 1 atom stereocenters. The lowest BCUT2D eigenvalue weighted by Gasteiger charge is -2.09. The van der Waals surface area contributed by atoms with Crippen molar-refractivity contribution in [3.8, 4) is 0 Å². The summed E-state index contributed by atoms with van der Waals surface area (Å²) in [6, 6.07) is 0.465. The van der Waals surface area contributed by atoms with Crippen LogP contribution in [-0.4, -0.2) is 34.9 Å². The van der Waals surface area contributed by atoms with E-state index in [4.69, 9.17) is 4.74 Å². The first-order chi connectivity index (χ1) is 8.20. The molecule has 0 amide bonds. The van der Waals surface area contributed by atoms with Crippen LogP contribution in [0, 0.1) is 0 Å². The maximum atomic E-state index is 11.7. The van der Waals surface area contributed by atoms with E-state index in [1.54, 1.807) is 11.6 Å². The van der Waals surface area contributed by atoms with Crippen molar-refractivity contribution in [2.24, 2.45) is 7.05 Å². The lowest BCUT2D eigenvalue weighted by molar-refractivity contribution is 0.0517. The molecule has 1 aliphatic rings. The quantitative estimate of drug-likeness (QED) is 0.790. The summed E-state index contributed by atoms with van der Waals surface area (Å²) in [6.07, 6.45) is 5.13. The SMILES string of the molecule is CCOC(=O)c1nn(C)cc1CC1CCCN1. The number of nitrogens with one attached hydrogen (secondary N) is 1. The molecule has 1 aromatic heterocycles. The fourth-order valence-corrected chi connectivity index (χ4v) is 2.25. The third-order valence-corrected chi connectivity index (χ3v) is 3.00. The van der Waals surface area contributed by atoms with Gasteiger partial charge in [0.1, 0.15) is 0 Å². The van der Waals surface area contributed by atoms with Crippen molar-refractivity contribution in [1.82, 2.24) is 15.1 Å². The number of hydrogen-bond acceptors (Lipinski definition) is 4. The molecule has 5 nitrogen and oxygen atoms in total. The summed E-state index contributed by atoms with van der Waals surface area (Å²) in [5, 5.41) is 7.61. The van der Waals surface area contributed by atoms with Gasteiger partial charge in [0.25, 0.3) is 0 Å².